The lowest BCUT2D eigenvalue weighted by molar-refractivity contribution is 1.13. The Morgan fingerprint density at radius 2 is 0.868 bits per heavy atom. The van der Waals surface area contributed by atoms with Crippen LogP contribution < -0.4 is 0 Å². The van der Waals surface area contributed by atoms with Crippen molar-refractivity contribution in [1.29, 1.82) is 0 Å². The summed E-state index contributed by atoms with van der Waals surface area (Å²) in [6, 6.07) is 46.2. The molecule has 0 radical (unpaired) electrons. The van der Waals surface area contributed by atoms with E-state index in [1.165, 1.54) is 62.9 Å². The van der Waals surface area contributed by atoms with Gasteiger partial charge in [0.15, 0.2) is 0 Å². The smallest absolute Gasteiger partial charge is 0.0548 e. The van der Waals surface area contributed by atoms with Crippen LogP contribution >= 0.6 is 8.19 Å². The first-order valence-electron chi connectivity index (χ1n) is 12.9. The van der Waals surface area contributed by atoms with Gasteiger partial charge in [-0.15, -0.1) is 0 Å². The summed E-state index contributed by atoms with van der Waals surface area (Å²) in [4.78, 5) is 0. The predicted octanol–water partition coefficient (Wildman–Crippen LogP) is 10.1. The van der Waals surface area contributed by atoms with E-state index in [0.717, 1.165) is 11.4 Å². The lowest BCUT2D eigenvalue weighted by atomic mass is 10.0. The second-order valence-corrected chi connectivity index (χ2v) is 10.6. The van der Waals surface area contributed by atoms with Crippen molar-refractivity contribution in [2.24, 2.45) is 0 Å². The molecule has 3 heteroatoms. The highest BCUT2D eigenvalue weighted by Crippen LogP contribution is 2.38. The van der Waals surface area contributed by atoms with Crippen molar-refractivity contribution in [2.75, 3.05) is 0 Å². The molecule has 5 aromatic carbocycles. The third-order valence-corrected chi connectivity index (χ3v) is 8.31. The molecule has 0 spiro atoms. The summed E-state index contributed by atoms with van der Waals surface area (Å²) in [7, 11) is 1.23. The van der Waals surface area contributed by atoms with Gasteiger partial charge in [-0.25, -0.2) is 0 Å². The molecule has 0 atom stereocenters. The third-order valence-electron chi connectivity index (χ3n) is 7.58. The number of para-hydroxylation sites is 3. The molecular formula is C35H23N2P. The summed E-state index contributed by atoms with van der Waals surface area (Å²) in [5, 5.41) is 5.15. The van der Waals surface area contributed by atoms with E-state index in [-0.39, 0.29) is 0 Å². The standard InChI is InChI=1S/C35H23N2P/c1-2-10-24(11-3-1)25-20-26(36-32-15-7-4-12-28(32)29-13-5-8-16-33(29)36)22-27(21-25)37-34-17-9-6-14-30(34)31-23-38-19-18-35(31)37/h1-23H. The number of hydrogen-bond donors (Lipinski definition) is 0. The van der Waals surface area contributed by atoms with Gasteiger partial charge in [0.2, 0.25) is 0 Å². The highest BCUT2D eigenvalue weighted by Gasteiger charge is 2.16. The van der Waals surface area contributed by atoms with Crippen molar-refractivity contribution in [3.05, 3.63) is 139 Å². The van der Waals surface area contributed by atoms with Crippen LogP contribution in [0.3, 0.4) is 0 Å². The Labute approximate surface area is 222 Å². The third kappa shape index (κ3) is 3.18. The van der Waals surface area contributed by atoms with Gasteiger partial charge in [0.1, 0.15) is 0 Å². The number of benzene rings is 5. The first-order chi connectivity index (χ1) is 18.9. The minimum Gasteiger partial charge on any atom is -0.309 e. The predicted molar refractivity (Wildman–Crippen MR) is 163 cm³/mol. The van der Waals surface area contributed by atoms with E-state index in [0.29, 0.717) is 0 Å². The van der Waals surface area contributed by atoms with Crippen molar-refractivity contribution in [1.82, 2.24) is 9.13 Å². The summed E-state index contributed by atoms with van der Waals surface area (Å²) in [6.45, 7) is 0. The Hall–Kier alpha value is -4.65. The van der Waals surface area contributed by atoms with Gasteiger partial charge in [-0.2, -0.15) is 0 Å². The average Bonchev–Trinajstić information content (AvgIpc) is 3.51. The topological polar surface area (TPSA) is 9.86 Å². The number of rotatable bonds is 3. The van der Waals surface area contributed by atoms with Crippen LogP contribution in [0.25, 0.3) is 66.1 Å². The molecule has 8 aromatic rings. The van der Waals surface area contributed by atoms with Crippen LogP contribution in [0.15, 0.2) is 139 Å². The molecule has 2 nitrogen and oxygen atoms in total. The molecule has 178 valence electrons. The van der Waals surface area contributed by atoms with Crippen LogP contribution in [0.2, 0.25) is 0 Å². The molecule has 3 aromatic heterocycles. The molecule has 0 amide bonds. The van der Waals surface area contributed by atoms with Gasteiger partial charge in [-0.05, 0) is 65.2 Å². The molecule has 0 aliphatic rings. The Morgan fingerprint density at radius 1 is 0.395 bits per heavy atom. The molecule has 3 heterocycles. The van der Waals surface area contributed by atoms with Gasteiger partial charge in [0.25, 0.3) is 0 Å². The molecule has 0 saturated carbocycles. The van der Waals surface area contributed by atoms with Crippen LogP contribution in [0.1, 0.15) is 0 Å². The molecule has 0 N–H and O–H groups in total. The van der Waals surface area contributed by atoms with Crippen molar-refractivity contribution in [3.8, 4) is 22.5 Å². The van der Waals surface area contributed by atoms with E-state index in [9.17, 15) is 0 Å². The Balaban J connectivity index is 1.51. The van der Waals surface area contributed by atoms with Gasteiger partial charge in [0.05, 0.1) is 22.1 Å². The second kappa shape index (κ2) is 8.45. The lowest BCUT2D eigenvalue weighted by Crippen LogP contribution is -2.00. The molecule has 0 fully saturated rings. The zero-order valence-electron chi connectivity index (χ0n) is 20.6. The molecule has 8 rings (SSSR count). The van der Waals surface area contributed by atoms with Gasteiger partial charge in [-0.3, -0.25) is 0 Å². The zero-order valence-corrected chi connectivity index (χ0v) is 21.5. The highest BCUT2D eigenvalue weighted by molar-refractivity contribution is 7.28. The summed E-state index contributed by atoms with van der Waals surface area (Å²) < 4.78 is 4.84. The van der Waals surface area contributed by atoms with Crippen molar-refractivity contribution >= 4 is 51.8 Å². The Bertz CT molecular complexity index is 1890. The minimum absolute atomic E-state index is 1.16. The van der Waals surface area contributed by atoms with Crippen molar-refractivity contribution in [2.45, 2.75) is 0 Å². The van der Waals surface area contributed by atoms with Gasteiger partial charge >= 0.3 is 0 Å². The first-order valence-corrected chi connectivity index (χ1v) is 13.9. The fourth-order valence-corrected chi connectivity index (χ4v) is 6.68. The van der Waals surface area contributed by atoms with Crippen LogP contribution in [0.4, 0.5) is 0 Å². The van der Waals surface area contributed by atoms with Crippen LogP contribution in [-0.2, 0) is 0 Å². The maximum Gasteiger partial charge on any atom is 0.0548 e. The zero-order chi connectivity index (χ0) is 25.1. The molecule has 0 bridgehead atoms. The molecule has 0 saturated heterocycles. The Morgan fingerprint density at radius 3 is 1.45 bits per heavy atom. The van der Waals surface area contributed by atoms with E-state index in [2.05, 4.69) is 148 Å². The monoisotopic (exact) mass is 502 g/mol. The fraction of sp³-hybridized carbons (Fsp3) is 0. The molecule has 0 unspecified atom stereocenters. The van der Waals surface area contributed by atoms with Crippen LogP contribution in [0, 0.1) is 0 Å². The van der Waals surface area contributed by atoms with E-state index in [1.807, 2.05) is 0 Å². The van der Waals surface area contributed by atoms with Gasteiger partial charge in [-0.1, -0.05) is 93.1 Å². The molecular weight excluding hydrogens is 479 g/mol. The van der Waals surface area contributed by atoms with E-state index >= 15 is 0 Å². The van der Waals surface area contributed by atoms with Crippen LogP contribution in [0.5, 0.6) is 0 Å². The Kier molecular flexibility index (Phi) is 4.77. The number of aromatic nitrogens is 2. The molecule has 0 aliphatic heterocycles. The molecule has 38 heavy (non-hydrogen) atoms. The second-order valence-electron chi connectivity index (χ2n) is 9.72. The summed E-state index contributed by atoms with van der Waals surface area (Å²) in [5.41, 5.74) is 9.64. The van der Waals surface area contributed by atoms with Gasteiger partial charge in [0, 0.05) is 32.9 Å². The maximum atomic E-state index is 2.43. The molecule has 0 aliphatic carbocycles. The summed E-state index contributed by atoms with van der Waals surface area (Å²) >= 11 is 0. The minimum atomic E-state index is 1.16. The number of hydrogen-bond acceptors (Lipinski definition) is 0. The van der Waals surface area contributed by atoms with Crippen molar-refractivity contribution in [3.63, 3.8) is 0 Å². The summed E-state index contributed by atoms with van der Waals surface area (Å²) in [5.74, 6) is 4.55. The fourth-order valence-electron chi connectivity index (χ4n) is 5.95. The maximum absolute atomic E-state index is 2.43. The first kappa shape index (κ1) is 21.4. The lowest BCUT2D eigenvalue weighted by Gasteiger charge is -2.16. The van der Waals surface area contributed by atoms with E-state index in [4.69, 9.17) is 0 Å². The summed E-state index contributed by atoms with van der Waals surface area (Å²) in [6.07, 6.45) is 0. The number of nitrogens with zero attached hydrogens (tertiary/aromatic N) is 2. The quantitative estimate of drug-likeness (QED) is 0.227. The number of fused-ring (bicyclic) bond motifs is 6. The SMILES string of the molecule is c1ccc(-c2cc(-n3c4ccccc4c4ccccc43)cc(-n3c4ccccc4c4cpccc43)c2)cc1. The van der Waals surface area contributed by atoms with E-state index < -0.39 is 0 Å². The van der Waals surface area contributed by atoms with Gasteiger partial charge < -0.3 is 9.13 Å². The normalized spacial score (nSPS) is 11.9. The van der Waals surface area contributed by atoms with Crippen LogP contribution in [-0.4, -0.2) is 9.13 Å². The largest absolute Gasteiger partial charge is 0.309 e. The van der Waals surface area contributed by atoms with Crippen molar-refractivity contribution < 1.29 is 0 Å². The highest BCUT2D eigenvalue weighted by atomic mass is 31.0. The van der Waals surface area contributed by atoms with E-state index in [1.54, 1.807) is 0 Å². The average molecular weight is 503 g/mol.